The molecule has 1 heterocycles. The number of para-hydroxylation sites is 1. The summed E-state index contributed by atoms with van der Waals surface area (Å²) in [5, 5.41) is 12.4. The number of amides is 1. The van der Waals surface area contributed by atoms with Gasteiger partial charge in [-0.1, -0.05) is 53.7 Å². The summed E-state index contributed by atoms with van der Waals surface area (Å²) in [6, 6.07) is 13.3. The first kappa shape index (κ1) is 22.8. The smallest absolute Gasteiger partial charge is 0.230 e. The molecule has 6 nitrogen and oxygen atoms in total. The number of benzene rings is 2. The van der Waals surface area contributed by atoms with Crippen LogP contribution in [0.3, 0.4) is 0 Å². The van der Waals surface area contributed by atoms with E-state index >= 15 is 0 Å². The van der Waals surface area contributed by atoms with Crippen molar-refractivity contribution in [1.82, 2.24) is 20.1 Å². The zero-order chi connectivity index (χ0) is 22.2. The third kappa shape index (κ3) is 6.32. The molecule has 9 heteroatoms. The minimum atomic E-state index is -0.446. The van der Waals surface area contributed by atoms with E-state index in [-0.39, 0.29) is 30.1 Å². The van der Waals surface area contributed by atoms with Crippen molar-refractivity contribution in [1.29, 1.82) is 0 Å². The van der Waals surface area contributed by atoms with Gasteiger partial charge in [-0.25, -0.2) is 4.39 Å². The third-order valence-electron chi connectivity index (χ3n) is 4.38. The van der Waals surface area contributed by atoms with E-state index in [1.807, 2.05) is 19.1 Å². The second kappa shape index (κ2) is 11.0. The van der Waals surface area contributed by atoms with Crippen LogP contribution in [0, 0.1) is 5.82 Å². The van der Waals surface area contributed by atoms with E-state index in [2.05, 4.69) is 22.1 Å². The Morgan fingerprint density at radius 3 is 2.74 bits per heavy atom. The number of allylic oxidation sites excluding steroid dienone is 1. The van der Waals surface area contributed by atoms with Crippen molar-refractivity contribution >= 4 is 29.3 Å². The van der Waals surface area contributed by atoms with Crippen LogP contribution >= 0.6 is 23.4 Å². The molecule has 0 bridgehead atoms. The van der Waals surface area contributed by atoms with E-state index in [0.717, 1.165) is 5.56 Å². The average Bonchev–Trinajstić information content (AvgIpc) is 3.14. The van der Waals surface area contributed by atoms with Crippen LogP contribution < -0.4 is 10.1 Å². The second-order valence-corrected chi connectivity index (χ2v) is 8.03. The summed E-state index contributed by atoms with van der Waals surface area (Å²) in [5.74, 6) is 0.241. The van der Waals surface area contributed by atoms with Gasteiger partial charge >= 0.3 is 0 Å². The molecule has 3 aromatic rings. The van der Waals surface area contributed by atoms with E-state index in [1.165, 1.54) is 17.8 Å². The molecule has 1 amide bonds. The molecule has 2 aromatic carbocycles. The Morgan fingerprint density at radius 1 is 1.29 bits per heavy atom. The predicted molar refractivity (Wildman–Crippen MR) is 120 cm³/mol. The number of rotatable bonds is 10. The minimum Gasteiger partial charge on any atom is -0.483 e. The van der Waals surface area contributed by atoms with Crippen molar-refractivity contribution in [3.8, 4) is 5.75 Å². The molecule has 0 saturated heterocycles. The number of ether oxygens (including phenoxy) is 1. The highest BCUT2D eigenvalue weighted by Gasteiger charge is 2.16. The molecular weight excluding hydrogens is 439 g/mol. The van der Waals surface area contributed by atoms with Crippen molar-refractivity contribution in [3.05, 3.63) is 83.4 Å². The van der Waals surface area contributed by atoms with Gasteiger partial charge in [0.25, 0.3) is 0 Å². The first-order chi connectivity index (χ1) is 15.0. The van der Waals surface area contributed by atoms with E-state index in [4.69, 9.17) is 16.3 Å². The summed E-state index contributed by atoms with van der Waals surface area (Å²) in [7, 11) is 0. The Labute approximate surface area is 189 Å². The van der Waals surface area contributed by atoms with Crippen LogP contribution in [0.15, 0.2) is 66.3 Å². The van der Waals surface area contributed by atoms with Crippen LogP contribution in [-0.2, 0) is 17.9 Å². The lowest BCUT2D eigenvalue weighted by Crippen LogP contribution is -2.28. The lowest BCUT2D eigenvalue weighted by molar-refractivity contribution is -0.119. The average molecular weight is 461 g/mol. The standard InChI is InChI=1S/C22H22ClFN4O2S/c1-3-12-28-20(13-30-19-7-5-4-6-18(19)24)26-27-22(28)31-14-21(29)25-15(2)16-8-10-17(23)11-9-16/h3-11,15H,1,12-14H2,2H3,(H,25,29). The predicted octanol–water partition coefficient (Wildman–Crippen LogP) is 4.81. The number of hydrogen-bond acceptors (Lipinski definition) is 5. The van der Waals surface area contributed by atoms with Crippen LogP contribution in [-0.4, -0.2) is 26.4 Å². The molecule has 0 saturated carbocycles. The topological polar surface area (TPSA) is 69.0 Å². The van der Waals surface area contributed by atoms with Crippen molar-refractivity contribution < 1.29 is 13.9 Å². The Kier molecular flexibility index (Phi) is 8.08. The van der Waals surface area contributed by atoms with Gasteiger partial charge in [-0.15, -0.1) is 16.8 Å². The highest BCUT2D eigenvalue weighted by molar-refractivity contribution is 7.99. The highest BCUT2D eigenvalue weighted by Crippen LogP contribution is 2.21. The van der Waals surface area contributed by atoms with Gasteiger partial charge < -0.3 is 10.1 Å². The van der Waals surface area contributed by atoms with Gasteiger partial charge in [0.15, 0.2) is 22.5 Å². The fraction of sp³-hybridized carbons (Fsp3) is 0.227. The molecule has 162 valence electrons. The van der Waals surface area contributed by atoms with Gasteiger partial charge in [-0.05, 0) is 36.8 Å². The summed E-state index contributed by atoms with van der Waals surface area (Å²) in [5.41, 5.74) is 0.963. The highest BCUT2D eigenvalue weighted by atomic mass is 35.5. The third-order valence-corrected chi connectivity index (χ3v) is 5.60. The van der Waals surface area contributed by atoms with Gasteiger partial charge in [-0.2, -0.15) is 0 Å². The molecule has 1 aromatic heterocycles. The van der Waals surface area contributed by atoms with Gasteiger partial charge in [0.05, 0.1) is 11.8 Å². The van der Waals surface area contributed by atoms with Crippen molar-refractivity contribution in [3.63, 3.8) is 0 Å². The fourth-order valence-corrected chi connectivity index (χ4v) is 3.70. The van der Waals surface area contributed by atoms with E-state index < -0.39 is 5.82 Å². The van der Waals surface area contributed by atoms with Gasteiger partial charge in [-0.3, -0.25) is 9.36 Å². The summed E-state index contributed by atoms with van der Waals surface area (Å²) < 4.78 is 21.1. The van der Waals surface area contributed by atoms with Crippen molar-refractivity contribution in [2.45, 2.75) is 31.3 Å². The molecule has 0 aliphatic heterocycles. The normalized spacial score (nSPS) is 11.7. The van der Waals surface area contributed by atoms with Gasteiger partial charge in [0.2, 0.25) is 5.91 Å². The Hall–Kier alpha value is -2.84. The number of halogens is 2. The Bertz CT molecular complexity index is 1040. The first-order valence-electron chi connectivity index (χ1n) is 9.56. The first-order valence-corrected chi connectivity index (χ1v) is 10.9. The molecule has 1 unspecified atom stereocenters. The summed E-state index contributed by atoms with van der Waals surface area (Å²) in [4.78, 5) is 12.4. The molecule has 0 radical (unpaired) electrons. The molecule has 0 aliphatic rings. The Morgan fingerprint density at radius 2 is 2.03 bits per heavy atom. The number of nitrogens with zero attached hydrogens (tertiary/aromatic N) is 3. The summed E-state index contributed by atoms with van der Waals surface area (Å²) >= 11 is 7.17. The van der Waals surface area contributed by atoms with Crippen LogP contribution in [0.1, 0.15) is 24.4 Å². The van der Waals surface area contributed by atoms with Crippen LogP contribution in [0.5, 0.6) is 5.75 Å². The monoisotopic (exact) mass is 460 g/mol. The number of nitrogens with one attached hydrogen (secondary N) is 1. The van der Waals surface area contributed by atoms with Crippen molar-refractivity contribution in [2.24, 2.45) is 0 Å². The minimum absolute atomic E-state index is 0.0438. The molecule has 3 rings (SSSR count). The van der Waals surface area contributed by atoms with Gasteiger partial charge in [0.1, 0.15) is 6.61 Å². The van der Waals surface area contributed by atoms with E-state index in [9.17, 15) is 9.18 Å². The largest absolute Gasteiger partial charge is 0.483 e. The number of carbonyl (C=O) groups excluding carboxylic acids is 1. The molecule has 31 heavy (non-hydrogen) atoms. The maximum absolute atomic E-state index is 13.8. The number of thioether (sulfide) groups is 1. The molecule has 1 N–H and O–H groups in total. The van der Waals surface area contributed by atoms with Crippen LogP contribution in [0.25, 0.3) is 0 Å². The van der Waals surface area contributed by atoms with E-state index in [1.54, 1.807) is 41.0 Å². The molecule has 0 aliphatic carbocycles. The van der Waals surface area contributed by atoms with Crippen LogP contribution in [0.2, 0.25) is 5.02 Å². The zero-order valence-electron chi connectivity index (χ0n) is 16.9. The van der Waals surface area contributed by atoms with Crippen LogP contribution in [0.4, 0.5) is 4.39 Å². The lowest BCUT2D eigenvalue weighted by atomic mass is 10.1. The second-order valence-electron chi connectivity index (χ2n) is 6.65. The molecule has 0 spiro atoms. The maximum atomic E-state index is 13.8. The van der Waals surface area contributed by atoms with Gasteiger partial charge in [0, 0.05) is 11.6 Å². The lowest BCUT2D eigenvalue weighted by Gasteiger charge is -2.14. The summed E-state index contributed by atoms with van der Waals surface area (Å²) in [6.07, 6.45) is 1.70. The number of carbonyl (C=O) groups is 1. The molecule has 1 atom stereocenters. The van der Waals surface area contributed by atoms with E-state index in [0.29, 0.717) is 22.5 Å². The molecular formula is C22H22ClFN4O2S. The quantitative estimate of drug-likeness (QED) is 0.347. The summed E-state index contributed by atoms with van der Waals surface area (Å²) in [6.45, 7) is 6.14. The SMILES string of the molecule is C=CCn1c(COc2ccccc2F)nnc1SCC(=O)NC(C)c1ccc(Cl)cc1. The zero-order valence-corrected chi connectivity index (χ0v) is 18.5. The Balaban J connectivity index is 1.59. The fourth-order valence-electron chi connectivity index (χ4n) is 2.80. The molecule has 0 fully saturated rings. The number of hydrogen-bond donors (Lipinski definition) is 1. The number of aromatic nitrogens is 3. The maximum Gasteiger partial charge on any atom is 0.230 e. The van der Waals surface area contributed by atoms with Crippen molar-refractivity contribution in [2.75, 3.05) is 5.75 Å².